The summed E-state index contributed by atoms with van der Waals surface area (Å²) in [6.07, 6.45) is 0. The van der Waals surface area contributed by atoms with Crippen LogP contribution >= 0.6 is 94.1 Å². The maximum atomic E-state index is 7.92. The molecule has 0 aromatic rings. The van der Waals surface area contributed by atoms with Gasteiger partial charge in [0.15, 0.2) is 0 Å². The lowest BCUT2D eigenvalue weighted by Gasteiger charge is -2.08. The zero-order valence-electron chi connectivity index (χ0n) is 14.4. The predicted octanol–water partition coefficient (Wildman–Crippen LogP) is 6.29. The summed E-state index contributed by atoms with van der Waals surface area (Å²) in [5, 5.41) is 0. The van der Waals surface area contributed by atoms with Gasteiger partial charge in [0.1, 0.15) is 0 Å². The smallest absolute Gasteiger partial charge is 0.0717 e. The van der Waals surface area contributed by atoms with Gasteiger partial charge in [-0.3, -0.25) is 0 Å². The second kappa shape index (κ2) is 6.02. The lowest BCUT2D eigenvalue weighted by atomic mass is 11.0. The Morgan fingerprint density at radius 2 is 0.944 bits per heavy atom. The molecule has 0 nitrogen and oxygen atoms in total. The Morgan fingerprint density at radius 1 is 0.556 bits per heavy atom. The van der Waals surface area contributed by atoms with Gasteiger partial charge in [-0.05, 0) is 0 Å². The molecule has 2 atom stereocenters. The summed E-state index contributed by atoms with van der Waals surface area (Å²) in [6.45, 7) is 0. The van der Waals surface area contributed by atoms with Crippen LogP contribution in [0.1, 0.15) is 8.22 Å². The largest absolute Gasteiger partial charge is 0.116 e. The molecule has 0 spiro atoms. The van der Waals surface area contributed by atoms with E-state index in [1.807, 2.05) is 0 Å². The fourth-order valence-electron chi connectivity index (χ4n) is 1.29. The molecule has 2 unspecified atom stereocenters. The highest BCUT2D eigenvalue weighted by Gasteiger charge is 2.32. The number of rotatable bonds is 0. The molecule has 4 rings (SSSR count). The molecule has 4 heterocycles. The molecule has 0 N–H and O–H groups in total. The van der Waals surface area contributed by atoms with E-state index < -0.39 is 22.9 Å². The van der Waals surface area contributed by atoms with Crippen molar-refractivity contribution in [2.45, 2.75) is 0 Å². The van der Waals surface area contributed by atoms with Crippen molar-refractivity contribution in [1.82, 2.24) is 0 Å². The van der Waals surface area contributed by atoms with E-state index in [4.69, 9.17) is 8.22 Å². The van der Waals surface area contributed by atoms with Gasteiger partial charge in [0.05, 0.1) is 25.4 Å². The number of hydrogen-bond acceptors (Lipinski definition) is 8. The van der Waals surface area contributed by atoms with E-state index in [1.165, 1.54) is 23.5 Å². The van der Waals surface area contributed by atoms with Crippen molar-refractivity contribution in [1.29, 1.82) is 0 Å². The van der Waals surface area contributed by atoms with Gasteiger partial charge in [-0.25, -0.2) is 0 Å². The van der Waals surface area contributed by atoms with Crippen molar-refractivity contribution in [2.75, 3.05) is 22.9 Å². The Kier molecular flexibility index (Phi) is 2.88. The molecule has 0 amide bonds. The molecule has 18 heavy (non-hydrogen) atoms. The Bertz CT molecular complexity index is 641. The van der Waals surface area contributed by atoms with Gasteiger partial charge in [0.25, 0.3) is 0 Å². The van der Waals surface area contributed by atoms with Crippen LogP contribution in [0.2, 0.25) is 0 Å². The number of thioether (sulfide) groups is 8. The number of hydrogen-bond donors (Lipinski definition) is 0. The summed E-state index contributed by atoms with van der Waals surface area (Å²) >= 11 is 11.1. The van der Waals surface area contributed by atoms with Gasteiger partial charge < -0.3 is 0 Å². The third kappa shape index (κ3) is 2.69. The summed E-state index contributed by atoms with van der Waals surface area (Å²) in [5.74, 6) is 0. The van der Waals surface area contributed by atoms with Crippen molar-refractivity contribution in [3.63, 3.8) is 0 Å². The first-order valence-electron chi connectivity index (χ1n) is 7.81. The van der Waals surface area contributed by atoms with Crippen LogP contribution in [0.4, 0.5) is 0 Å². The van der Waals surface area contributed by atoms with Crippen molar-refractivity contribution < 1.29 is 8.22 Å². The van der Waals surface area contributed by atoms with Gasteiger partial charge in [-0.1, -0.05) is 47.0 Å². The minimum Gasteiger partial charge on any atom is -0.116 e. The maximum Gasteiger partial charge on any atom is 0.0717 e. The van der Waals surface area contributed by atoms with Crippen molar-refractivity contribution >= 4 is 94.1 Å². The van der Waals surface area contributed by atoms with Crippen LogP contribution in [0.5, 0.6) is 0 Å². The third-order valence-corrected chi connectivity index (χ3v) is 12.6. The third-order valence-electron chi connectivity index (χ3n) is 1.97. The highest BCUT2D eigenvalue weighted by Crippen LogP contribution is 2.67. The molecule has 0 bridgehead atoms. The van der Waals surface area contributed by atoms with E-state index in [0.717, 1.165) is 48.9 Å². The monoisotopic (exact) mass is 390 g/mol. The molecular formula is C10H8S8. The normalized spacial score (nSPS) is 50.7. The standard InChI is InChI=1S/C10H8S8/c1-2-12-6-5(11-1)15-9(16-6)10-17-7-8(18-10)14-4-3-13-7/h1-4H2/i1D,2D2,3D,4D2/b10-9+. The Balaban J connectivity index is 1.52. The van der Waals surface area contributed by atoms with E-state index in [0.29, 0.717) is 0 Å². The summed E-state index contributed by atoms with van der Waals surface area (Å²) in [6, 6.07) is 0. The van der Waals surface area contributed by atoms with Gasteiger partial charge in [-0.15, -0.1) is 47.0 Å². The van der Waals surface area contributed by atoms with Crippen LogP contribution in [0.15, 0.2) is 25.4 Å². The van der Waals surface area contributed by atoms with Crippen LogP contribution in [0.25, 0.3) is 0 Å². The van der Waals surface area contributed by atoms with Crippen molar-refractivity contribution in [3.8, 4) is 0 Å². The van der Waals surface area contributed by atoms with E-state index in [2.05, 4.69) is 0 Å². The van der Waals surface area contributed by atoms with E-state index in [9.17, 15) is 0 Å². The van der Waals surface area contributed by atoms with Crippen LogP contribution in [-0.4, -0.2) is 22.9 Å². The fourth-order valence-corrected chi connectivity index (χ4v) is 11.5. The molecule has 0 fully saturated rings. The first kappa shape index (κ1) is 8.60. The molecule has 4 aliphatic heterocycles. The molecule has 0 aromatic carbocycles. The van der Waals surface area contributed by atoms with E-state index in [1.54, 1.807) is 47.0 Å². The van der Waals surface area contributed by atoms with Gasteiger partial charge in [0.2, 0.25) is 0 Å². The molecule has 0 saturated heterocycles. The summed E-state index contributed by atoms with van der Waals surface area (Å²) in [5.41, 5.74) is -4.80. The molecule has 0 radical (unpaired) electrons. The summed E-state index contributed by atoms with van der Waals surface area (Å²) in [4.78, 5) is 0. The molecule has 8 heteroatoms. The van der Waals surface area contributed by atoms with Crippen LogP contribution in [0, 0.1) is 0 Å². The Morgan fingerprint density at radius 3 is 1.39 bits per heavy atom. The lowest BCUT2D eigenvalue weighted by molar-refractivity contribution is 1.56. The van der Waals surface area contributed by atoms with E-state index in [-0.39, 0.29) is 0 Å². The maximum absolute atomic E-state index is 7.92. The fraction of sp³-hybridized carbons (Fsp3) is 0.400. The van der Waals surface area contributed by atoms with Gasteiger partial charge in [0, 0.05) is 31.1 Å². The van der Waals surface area contributed by atoms with Crippen LogP contribution in [-0.2, 0) is 0 Å². The first-order valence-corrected chi connectivity index (χ1v) is 11.3. The zero-order chi connectivity index (χ0) is 17.3. The second-order valence-electron chi connectivity index (χ2n) is 3.04. The molecule has 96 valence electrons. The SMILES string of the molecule is [2H]C1SC2=C(S/C(=C3\SC4=C(S3)SC([2H])([2H])C([2H])S4)S2)SC1([2H])[2H]. The van der Waals surface area contributed by atoms with Crippen LogP contribution < -0.4 is 0 Å². The second-order valence-corrected chi connectivity index (χ2v) is 12.1. The van der Waals surface area contributed by atoms with Gasteiger partial charge in [-0.2, -0.15) is 0 Å². The quantitative estimate of drug-likeness (QED) is 0.467. The average Bonchev–Trinajstić information content (AvgIpc) is 3.02. The Labute approximate surface area is 149 Å². The highest BCUT2D eigenvalue weighted by molar-refractivity contribution is 8.45. The zero-order valence-corrected chi connectivity index (χ0v) is 15.0. The topological polar surface area (TPSA) is 0 Å². The molecule has 4 aliphatic rings. The Hall–Kier alpha value is 2.02. The summed E-state index contributed by atoms with van der Waals surface area (Å²) in [7, 11) is 0. The van der Waals surface area contributed by atoms with Crippen LogP contribution in [0.3, 0.4) is 0 Å². The first-order chi connectivity index (χ1) is 11.2. The van der Waals surface area contributed by atoms with Gasteiger partial charge >= 0.3 is 0 Å². The minimum absolute atomic E-state index is 0.823. The minimum atomic E-state index is -1.58. The molecular weight excluding hydrogens is 377 g/mol. The lowest BCUT2D eigenvalue weighted by Crippen LogP contribution is -1.88. The van der Waals surface area contributed by atoms with Crippen molar-refractivity contribution in [3.05, 3.63) is 25.4 Å². The molecule has 0 aliphatic carbocycles. The molecule has 0 saturated carbocycles. The molecule has 0 aromatic heterocycles. The highest BCUT2D eigenvalue weighted by atomic mass is 32.3. The average molecular weight is 391 g/mol. The van der Waals surface area contributed by atoms with E-state index >= 15 is 0 Å². The van der Waals surface area contributed by atoms with Crippen molar-refractivity contribution in [2.24, 2.45) is 0 Å². The summed E-state index contributed by atoms with van der Waals surface area (Å²) < 4.78 is 53.5. The predicted molar refractivity (Wildman–Crippen MR) is 101 cm³/mol.